The quantitative estimate of drug-likeness (QED) is 0.486. The second kappa shape index (κ2) is 6.33. The van der Waals surface area contributed by atoms with Crippen LogP contribution in [0.3, 0.4) is 0 Å². The number of nitrogens with zero attached hydrogens (tertiary/aromatic N) is 2. The molecular weight excluding hydrogens is 397 g/mol. The van der Waals surface area contributed by atoms with Gasteiger partial charge in [-0.2, -0.15) is 26.3 Å². The predicted molar refractivity (Wildman–Crippen MR) is 94.9 cm³/mol. The average molecular weight is 410 g/mol. The van der Waals surface area contributed by atoms with Crippen LogP contribution in [0.15, 0.2) is 53.3 Å². The third-order valence-corrected chi connectivity index (χ3v) is 5.37. The Balaban J connectivity index is 1.88. The summed E-state index contributed by atoms with van der Waals surface area (Å²) in [5, 5.41) is 3.61. The fraction of sp³-hybridized carbons (Fsp3) is 0.222. The summed E-state index contributed by atoms with van der Waals surface area (Å²) in [5.41, 5.74) is -4.85. The fourth-order valence-electron chi connectivity index (χ4n) is 2.85. The third kappa shape index (κ3) is 3.24. The average Bonchev–Trinajstić information content (AvgIpc) is 3.48. The lowest BCUT2D eigenvalue weighted by Gasteiger charge is -2.13. The minimum Gasteiger partial charge on any atom is -0.353 e. The van der Waals surface area contributed by atoms with Gasteiger partial charge in [0.25, 0.3) is 11.4 Å². The Labute approximate surface area is 157 Å². The molecule has 2 aromatic carbocycles. The van der Waals surface area contributed by atoms with Gasteiger partial charge in [-0.1, -0.05) is 24.3 Å². The molecule has 10 heteroatoms. The van der Waals surface area contributed by atoms with E-state index >= 15 is 0 Å². The van der Waals surface area contributed by atoms with Crippen molar-refractivity contribution in [1.82, 2.24) is 9.78 Å². The van der Waals surface area contributed by atoms with Crippen LogP contribution in [0.25, 0.3) is 16.5 Å². The normalized spacial score (nSPS) is 15.0. The summed E-state index contributed by atoms with van der Waals surface area (Å²) in [5.74, 6) is -0.343. The molecule has 1 saturated carbocycles. The molecule has 1 aliphatic rings. The summed E-state index contributed by atoms with van der Waals surface area (Å²) in [4.78, 5) is 12.7. The van der Waals surface area contributed by atoms with Crippen molar-refractivity contribution in [3.63, 3.8) is 0 Å². The molecule has 0 radical (unpaired) electrons. The largest absolute Gasteiger partial charge is 0.534 e. The molecule has 28 heavy (non-hydrogen) atoms. The van der Waals surface area contributed by atoms with Crippen LogP contribution in [-0.4, -0.2) is 23.7 Å². The standard InChI is InChI=1S/C18H13F3N2O4S/c19-18(20,21)28(25,26)27-16-14-3-1-2-4-15(14)17(24)23(22-16)13-9-7-12(8-10-13)11-5-6-11/h1-4,7-11H,5-6H2. The van der Waals surface area contributed by atoms with Crippen LogP contribution in [-0.2, 0) is 10.1 Å². The Kier molecular flexibility index (Phi) is 4.18. The number of rotatable bonds is 4. The molecule has 0 aliphatic heterocycles. The third-order valence-electron chi connectivity index (χ3n) is 4.43. The monoisotopic (exact) mass is 410 g/mol. The van der Waals surface area contributed by atoms with E-state index in [1.54, 1.807) is 12.1 Å². The molecule has 0 bridgehead atoms. The van der Waals surface area contributed by atoms with Gasteiger partial charge < -0.3 is 4.18 Å². The first-order valence-corrected chi connectivity index (χ1v) is 9.71. The zero-order chi connectivity index (χ0) is 20.1. The van der Waals surface area contributed by atoms with Gasteiger partial charge in [-0.05, 0) is 48.6 Å². The molecule has 0 saturated heterocycles. The second-order valence-electron chi connectivity index (χ2n) is 6.42. The first kappa shape index (κ1) is 18.5. The molecule has 1 aliphatic carbocycles. The maximum atomic E-state index is 12.7. The maximum Gasteiger partial charge on any atom is 0.534 e. The van der Waals surface area contributed by atoms with Gasteiger partial charge in [0.05, 0.1) is 16.5 Å². The molecule has 1 aromatic heterocycles. The SMILES string of the molecule is O=c1c2ccccc2c(OS(=O)(=O)C(F)(F)F)nn1-c1ccc(C2CC2)cc1. The lowest BCUT2D eigenvalue weighted by atomic mass is 10.1. The van der Waals surface area contributed by atoms with E-state index in [-0.39, 0.29) is 16.5 Å². The van der Waals surface area contributed by atoms with Crippen molar-refractivity contribution in [2.75, 3.05) is 0 Å². The van der Waals surface area contributed by atoms with Crippen molar-refractivity contribution in [3.8, 4) is 11.6 Å². The summed E-state index contributed by atoms with van der Waals surface area (Å²) >= 11 is 0. The first-order chi connectivity index (χ1) is 13.2. The first-order valence-electron chi connectivity index (χ1n) is 8.30. The van der Waals surface area contributed by atoms with Crippen molar-refractivity contribution >= 4 is 20.9 Å². The summed E-state index contributed by atoms with van der Waals surface area (Å²) in [6, 6.07) is 12.4. The summed E-state index contributed by atoms with van der Waals surface area (Å²) in [6.07, 6.45) is 2.17. The lowest BCUT2D eigenvalue weighted by Crippen LogP contribution is -2.30. The van der Waals surface area contributed by atoms with E-state index in [0.717, 1.165) is 23.1 Å². The van der Waals surface area contributed by atoms with Crippen molar-refractivity contribution in [2.45, 2.75) is 24.3 Å². The van der Waals surface area contributed by atoms with E-state index in [9.17, 15) is 26.4 Å². The molecule has 0 atom stereocenters. The molecule has 3 aromatic rings. The number of halogens is 3. The Morgan fingerprint density at radius 1 is 1.00 bits per heavy atom. The van der Waals surface area contributed by atoms with Gasteiger partial charge in [-0.25, -0.2) is 0 Å². The molecule has 4 rings (SSSR count). The van der Waals surface area contributed by atoms with Crippen molar-refractivity contribution in [1.29, 1.82) is 0 Å². The van der Waals surface area contributed by atoms with Crippen molar-refractivity contribution in [2.24, 2.45) is 0 Å². The Morgan fingerprint density at radius 2 is 1.61 bits per heavy atom. The lowest BCUT2D eigenvalue weighted by molar-refractivity contribution is -0.0501. The number of hydrogen-bond acceptors (Lipinski definition) is 5. The van der Waals surface area contributed by atoms with Gasteiger partial charge in [0.15, 0.2) is 0 Å². The Bertz CT molecular complexity index is 1210. The molecular formula is C18H13F3N2O4S. The molecule has 0 N–H and O–H groups in total. The van der Waals surface area contributed by atoms with E-state index in [1.165, 1.54) is 24.3 Å². The molecule has 6 nitrogen and oxygen atoms in total. The predicted octanol–water partition coefficient (Wildman–Crippen LogP) is 3.49. The van der Waals surface area contributed by atoms with Gasteiger partial charge in [-0.15, -0.1) is 5.10 Å². The zero-order valence-electron chi connectivity index (χ0n) is 14.2. The number of benzene rings is 2. The van der Waals surface area contributed by atoms with Crippen LogP contribution < -0.4 is 9.74 Å². The Hall–Kier alpha value is -2.88. The highest BCUT2D eigenvalue weighted by Gasteiger charge is 2.49. The minimum atomic E-state index is -5.94. The van der Waals surface area contributed by atoms with Crippen LogP contribution in [0.2, 0.25) is 0 Å². The van der Waals surface area contributed by atoms with Gasteiger partial charge in [-0.3, -0.25) is 4.79 Å². The highest BCUT2D eigenvalue weighted by molar-refractivity contribution is 7.88. The topological polar surface area (TPSA) is 78.3 Å². The van der Waals surface area contributed by atoms with Gasteiger partial charge in [0, 0.05) is 0 Å². The summed E-state index contributed by atoms with van der Waals surface area (Å²) < 4.78 is 66.2. The van der Waals surface area contributed by atoms with Gasteiger partial charge >= 0.3 is 15.6 Å². The van der Waals surface area contributed by atoms with E-state index in [1.807, 2.05) is 12.1 Å². The smallest absolute Gasteiger partial charge is 0.353 e. The molecule has 1 fully saturated rings. The van der Waals surface area contributed by atoms with Crippen LogP contribution in [0.5, 0.6) is 5.88 Å². The highest BCUT2D eigenvalue weighted by Crippen LogP contribution is 2.40. The van der Waals surface area contributed by atoms with Crippen LogP contribution in [0.4, 0.5) is 13.2 Å². The van der Waals surface area contributed by atoms with Crippen LogP contribution >= 0.6 is 0 Å². The van der Waals surface area contributed by atoms with E-state index in [0.29, 0.717) is 5.92 Å². The summed E-state index contributed by atoms with van der Waals surface area (Å²) in [7, 11) is -5.94. The van der Waals surface area contributed by atoms with Crippen LogP contribution in [0, 0.1) is 0 Å². The molecule has 0 amide bonds. The number of hydrogen-bond donors (Lipinski definition) is 0. The molecule has 0 spiro atoms. The molecule has 1 heterocycles. The van der Waals surface area contributed by atoms with Gasteiger partial charge in [0.2, 0.25) is 0 Å². The van der Waals surface area contributed by atoms with Crippen molar-refractivity contribution in [3.05, 3.63) is 64.4 Å². The minimum absolute atomic E-state index is 0.0175. The zero-order valence-corrected chi connectivity index (χ0v) is 15.0. The van der Waals surface area contributed by atoms with E-state index in [2.05, 4.69) is 9.28 Å². The number of alkyl halides is 3. The summed E-state index contributed by atoms with van der Waals surface area (Å²) in [6.45, 7) is 0. The Morgan fingerprint density at radius 3 is 2.18 bits per heavy atom. The molecule has 0 unspecified atom stereocenters. The van der Waals surface area contributed by atoms with Crippen LogP contribution in [0.1, 0.15) is 24.3 Å². The van der Waals surface area contributed by atoms with E-state index < -0.39 is 27.1 Å². The van der Waals surface area contributed by atoms with E-state index in [4.69, 9.17) is 0 Å². The maximum absolute atomic E-state index is 12.7. The highest BCUT2D eigenvalue weighted by atomic mass is 32.2. The second-order valence-corrected chi connectivity index (χ2v) is 7.95. The van der Waals surface area contributed by atoms with Crippen molar-refractivity contribution < 1.29 is 25.8 Å². The van der Waals surface area contributed by atoms with Gasteiger partial charge in [0.1, 0.15) is 0 Å². The number of aromatic nitrogens is 2. The number of fused-ring (bicyclic) bond motifs is 1. The fourth-order valence-corrected chi connectivity index (χ4v) is 3.28. The molecule has 146 valence electrons.